The van der Waals surface area contributed by atoms with Gasteiger partial charge < -0.3 is 24.3 Å². The lowest BCUT2D eigenvalue weighted by Gasteiger charge is -2.26. The predicted molar refractivity (Wildman–Crippen MR) is 144 cm³/mol. The van der Waals surface area contributed by atoms with Crippen molar-refractivity contribution in [2.24, 2.45) is 0 Å². The van der Waals surface area contributed by atoms with E-state index in [1.807, 2.05) is 0 Å². The standard InChI is InChI=1S/C27H28N2O9S/c1-35-23-14-21(25(30)28-20-12-18(26(31)37-3)11-19(13-20)27(32)38-4)22(15-24(23)36-2)29(39(5,33)34)16-17-9-7-6-8-10-17/h6-15H,16H2,1-5H3,(H,28,30). The summed E-state index contributed by atoms with van der Waals surface area (Å²) in [6, 6.07) is 15.5. The Morgan fingerprint density at radius 3 is 1.82 bits per heavy atom. The second-order valence-electron chi connectivity index (χ2n) is 8.22. The van der Waals surface area contributed by atoms with Crippen LogP contribution in [0, 0.1) is 0 Å². The van der Waals surface area contributed by atoms with E-state index in [-0.39, 0.29) is 46.1 Å². The monoisotopic (exact) mass is 556 g/mol. The first-order valence-electron chi connectivity index (χ1n) is 11.4. The van der Waals surface area contributed by atoms with Crippen molar-refractivity contribution in [3.63, 3.8) is 0 Å². The van der Waals surface area contributed by atoms with Gasteiger partial charge in [0.15, 0.2) is 11.5 Å². The molecule has 0 aliphatic rings. The number of nitrogens with one attached hydrogen (secondary N) is 1. The summed E-state index contributed by atoms with van der Waals surface area (Å²) in [6.07, 6.45) is 1.02. The molecule has 0 atom stereocenters. The van der Waals surface area contributed by atoms with E-state index in [0.717, 1.165) is 10.6 Å². The van der Waals surface area contributed by atoms with Crippen molar-refractivity contribution in [1.29, 1.82) is 0 Å². The molecular formula is C27H28N2O9S. The Hall–Kier alpha value is -4.58. The predicted octanol–water partition coefficient (Wildman–Crippen LogP) is 3.50. The molecule has 3 aromatic rings. The van der Waals surface area contributed by atoms with E-state index in [9.17, 15) is 22.8 Å². The fraction of sp³-hybridized carbons (Fsp3) is 0.222. The SMILES string of the molecule is COC(=O)c1cc(NC(=O)c2cc(OC)c(OC)cc2N(Cc2ccccc2)S(C)(=O)=O)cc(C(=O)OC)c1. The van der Waals surface area contributed by atoms with Gasteiger partial charge in [-0.3, -0.25) is 9.10 Å². The average molecular weight is 557 g/mol. The molecule has 0 bridgehead atoms. The zero-order valence-corrected chi connectivity index (χ0v) is 22.8. The first kappa shape index (κ1) is 29.0. The second kappa shape index (κ2) is 12.3. The summed E-state index contributed by atoms with van der Waals surface area (Å²) in [6.45, 7) is -0.0697. The summed E-state index contributed by atoms with van der Waals surface area (Å²) in [5.41, 5.74) is 0.677. The zero-order chi connectivity index (χ0) is 28.7. The number of hydrogen-bond donors (Lipinski definition) is 1. The molecule has 0 aromatic heterocycles. The summed E-state index contributed by atoms with van der Waals surface area (Å²) >= 11 is 0. The highest BCUT2D eigenvalue weighted by atomic mass is 32.2. The van der Waals surface area contributed by atoms with E-state index >= 15 is 0 Å². The fourth-order valence-corrected chi connectivity index (χ4v) is 4.65. The highest BCUT2D eigenvalue weighted by Crippen LogP contribution is 2.37. The highest BCUT2D eigenvalue weighted by molar-refractivity contribution is 7.92. The van der Waals surface area contributed by atoms with Gasteiger partial charge in [-0.1, -0.05) is 30.3 Å². The van der Waals surface area contributed by atoms with Gasteiger partial charge >= 0.3 is 11.9 Å². The van der Waals surface area contributed by atoms with Crippen LogP contribution in [0.25, 0.3) is 0 Å². The number of nitrogens with zero attached hydrogens (tertiary/aromatic N) is 1. The minimum atomic E-state index is -3.90. The number of esters is 2. The number of anilines is 2. The molecule has 0 aliphatic heterocycles. The summed E-state index contributed by atoms with van der Waals surface area (Å²) in [5, 5.41) is 2.62. The average Bonchev–Trinajstić information content (AvgIpc) is 2.93. The number of ether oxygens (including phenoxy) is 4. The van der Waals surface area contributed by atoms with Crippen LogP contribution >= 0.6 is 0 Å². The molecule has 11 nitrogen and oxygen atoms in total. The van der Waals surface area contributed by atoms with Crippen LogP contribution in [0.2, 0.25) is 0 Å². The van der Waals surface area contributed by atoms with Gasteiger partial charge in [-0.15, -0.1) is 0 Å². The molecule has 1 N–H and O–H groups in total. The lowest BCUT2D eigenvalue weighted by molar-refractivity contribution is 0.0598. The number of methoxy groups -OCH3 is 4. The lowest BCUT2D eigenvalue weighted by Crippen LogP contribution is -2.31. The van der Waals surface area contributed by atoms with E-state index in [1.165, 1.54) is 58.8 Å². The summed E-state index contributed by atoms with van der Waals surface area (Å²) in [5.74, 6) is -1.85. The minimum absolute atomic E-state index is 0.00919. The first-order valence-corrected chi connectivity index (χ1v) is 13.3. The maximum Gasteiger partial charge on any atom is 0.337 e. The van der Waals surface area contributed by atoms with Crippen LogP contribution in [0.15, 0.2) is 60.7 Å². The summed E-state index contributed by atoms with van der Waals surface area (Å²) in [4.78, 5) is 38.0. The third-order valence-electron chi connectivity index (χ3n) is 5.62. The largest absolute Gasteiger partial charge is 0.493 e. The van der Waals surface area contributed by atoms with Crippen molar-refractivity contribution < 1.29 is 41.7 Å². The summed E-state index contributed by atoms with van der Waals surface area (Å²) in [7, 11) is 1.21. The van der Waals surface area contributed by atoms with Gasteiger partial charge in [-0.05, 0) is 29.8 Å². The van der Waals surface area contributed by atoms with Gasteiger partial charge in [-0.2, -0.15) is 0 Å². The number of benzene rings is 3. The van der Waals surface area contributed by atoms with Crippen molar-refractivity contribution >= 4 is 39.2 Å². The summed E-state index contributed by atoms with van der Waals surface area (Å²) < 4.78 is 47.2. The topological polar surface area (TPSA) is 138 Å². The molecule has 0 radical (unpaired) electrons. The molecule has 0 aliphatic carbocycles. The van der Waals surface area contributed by atoms with Crippen molar-refractivity contribution in [2.75, 3.05) is 44.3 Å². The van der Waals surface area contributed by atoms with Gasteiger partial charge in [0.1, 0.15) is 0 Å². The molecule has 0 spiro atoms. The zero-order valence-electron chi connectivity index (χ0n) is 22.0. The quantitative estimate of drug-likeness (QED) is 0.372. The molecule has 0 unspecified atom stereocenters. The van der Waals surface area contributed by atoms with Crippen LogP contribution in [0.3, 0.4) is 0 Å². The van der Waals surface area contributed by atoms with Crippen LogP contribution in [0.4, 0.5) is 11.4 Å². The van der Waals surface area contributed by atoms with Gasteiger partial charge in [0.05, 0.1) is 63.6 Å². The Morgan fingerprint density at radius 1 is 0.795 bits per heavy atom. The molecule has 0 saturated carbocycles. The van der Waals surface area contributed by atoms with Gasteiger partial charge in [0.2, 0.25) is 10.0 Å². The normalized spacial score (nSPS) is 10.8. The van der Waals surface area contributed by atoms with E-state index < -0.39 is 27.9 Å². The molecule has 0 fully saturated rings. The van der Waals surface area contributed by atoms with Gasteiger partial charge in [-0.25, -0.2) is 18.0 Å². The Kier molecular flexibility index (Phi) is 9.15. The van der Waals surface area contributed by atoms with Crippen LogP contribution < -0.4 is 19.1 Å². The molecule has 3 aromatic carbocycles. The smallest absolute Gasteiger partial charge is 0.337 e. The Labute approximate surface area is 226 Å². The number of rotatable bonds is 10. The molecular weight excluding hydrogens is 528 g/mol. The molecule has 0 saturated heterocycles. The van der Waals surface area contributed by atoms with Crippen molar-refractivity contribution in [3.8, 4) is 11.5 Å². The lowest BCUT2D eigenvalue weighted by atomic mass is 10.1. The number of sulfonamides is 1. The number of amides is 1. The minimum Gasteiger partial charge on any atom is -0.493 e. The number of carbonyl (C=O) groups excluding carboxylic acids is 3. The fourth-order valence-electron chi connectivity index (χ4n) is 3.76. The van der Waals surface area contributed by atoms with Crippen LogP contribution in [0.5, 0.6) is 11.5 Å². The molecule has 206 valence electrons. The Morgan fingerprint density at radius 2 is 1.33 bits per heavy atom. The number of carbonyl (C=O) groups is 3. The first-order chi connectivity index (χ1) is 18.5. The third kappa shape index (κ3) is 6.85. The van der Waals surface area contributed by atoms with Crippen LogP contribution in [0.1, 0.15) is 36.6 Å². The van der Waals surface area contributed by atoms with Crippen molar-refractivity contribution in [1.82, 2.24) is 0 Å². The van der Waals surface area contributed by atoms with E-state index in [0.29, 0.717) is 5.56 Å². The molecule has 0 heterocycles. The third-order valence-corrected chi connectivity index (χ3v) is 6.74. The molecule has 1 amide bonds. The van der Waals surface area contributed by atoms with Crippen molar-refractivity contribution in [3.05, 3.63) is 82.9 Å². The van der Waals surface area contributed by atoms with E-state index in [2.05, 4.69) is 5.32 Å². The molecule has 3 rings (SSSR count). The number of hydrogen-bond acceptors (Lipinski definition) is 9. The van der Waals surface area contributed by atoms with Crippen molar-refractivity contribution in [2.45, 2.75) is 6.54 Å². The molecule has 39 heavy (non-hydrogen) atoms. The van der Waals surface area contributed by atoms with Crippen LogP contribution in [-0.4, -0.2) is 61.0 Å². The van der Waals surface area contributed by atoms with E-state index in [4.69, 9.17) is 18.9 Å². The highest BCUT2D eigenvalue weighted by Gasteiger charge is 2.27. The second-order valence-corrected chi connectivity index (χ2v) is 10.1. The van der Waals surface area contributed by atoms with Gasteiger partial charge in [0.25, 0.3) is 5.91 Å². The van der Waals surface area contributed by atoms with Gasteiger partial charge in [0, 0.05) is 11.8 Å². The maximum atomic E-state index is 13.6. The van der Waals surface area contributed by atoms with E-state index in [1.54, 1.807) is 30.3 Å². The maximum absolute atomic E-state index is 13.6. The van der Waals surface area contributed by atoms with Crippen LogP contribution in [-0.2, 0) is 26.0 Å². The Balaban J connectivity index is 2.16. The molecule has 12 heteroatoms. The Bertz CT molecular complexity index is 1450.